The Hall–Kier alpha value is -0.430. The molecule has 0 atom stereocenters. The fourth-order valence-corrected chi connectivity index (χ4v) is 2.70. The summed E-state index contributed by atoms with van der Waals surface area (Å²) in [4.78, 5) is 0. The zero-order valence-electron chi connectivity index (χ0n) is 17.7. The van der Waals surface area contributed by atoms with Gasteiger partial charge in [0.05, 0.1) is 0 Å². The Labute approximate surface area is 168 Å². The lowest BCUT2D eigenvalue weighted by atomic mass is 10.1. The molecule has 0 radical (unpaired) electrons. The van der Waals surface area contributed by atoms with Crippen molar-refractivity contribution in [3.63, 3.8) is 0 Å². The van der Waals surface area contributed by atoms with Crippen LogP contribution in [0, 0.1) is 0 Å². The van der Waals surface area contributed by atoms with E-state index >= 15 is 0 Å². The Morgan fingerprint density at radius 1 is 0.630 bits per heavy atom. The highest BCUT2D eigenvalue weighted by atomic mass is 32.3. The lowest BCUT2D eigenvalue weighted by Crippen LogP contribution is -1.95. The van der Waals surface area contributed by atoms with E-state index in [1.807, 2.05) is 0 Å². The highest BCUT2D eigenvalue weighted by Gasteiger charge is 1.92. The van der Waals surface area contributed by atoms with E-state index in [-0.39, 0.29) is 0 Å². The van der Waals surface area contributed by atoms with Crippen LogP contribution in [0.1, 0.15) is 110 Å². The van der Waals surface area contributed by atoms with Crippen LogP contribution in [0.25, 0.3) is 0 Å². The predicted molar refractivity (Wildman–Crippen MR) is 115 cm³/mol. The van der Waals surface area contributed by atoms with Crippen molar-refractivity contribution < 1.29 is 22.3 Å². The lowest BCUT2D eigenvalue weighted by Gasteiger charge is -2.02. The highest BCUT2D eigenvalue weighted by Crippen LogP contribution is 2.09. The first-order valence-corrected chi connectivity index (χ1v) is 12.2. The summed E-state index contributed by atoms with van der Waals surface area (Å²) in [5.74, 6) is 0. The van der Waals surface area contributed by atoms with Gasteiger partial charge >= 0.3 is 10.4 Å². The first-order valence-electron chi connectivity index (χ1n) is 10.8. The van der Waals surface area contributed by atoms with Gasteiger partial charge in [-0.25, -0.2) is 0 Å². The topological polar surface area (TPSA) is 83.8 Å². The van der Waals surface area contributed by atoms with E-state index in [4.69, 9.17) is 22.3 Å². The fourth-order valence-electron chi connectivity index (χ4n) is 2.70. The molecule has 0 unspecified atom stereocenters. The summed E-state index contributed by atoms with van der Waals surface area (Å²) in [7, 11) is -4.67. The molecule has 0 fully saturated rings. The molecule has 0 amide bonds. The second-order valence-electron chi connectivity index (χ2n) is 7.00. The third-order valence-corrected chi connectivity index (χ3v) is 4.15. The number of ether oxygens (including phenoxy) is 1. The Morgan fingerprint density at radius 3 is 1.48 bits per heavy atom. The van der Waals surface area contributed by atoms with Gasteiger partial charge < -0.3 is 4.74 Å². The van der Waals surface area contributed by atoms with Crippen LogP contribution in [0.5, 0.6) is 0 Å². The van der Waals surface area contributed by atoms with Crippen molar-refractivity contribution in [2.45, 2.75) is 110 Å². The molecule has 0 aromatic rings. The molecule has 2 N–H and O–H groups in total. The Morgan fingerprint density at radius 2 is 1.04 bits per heavy atom. The maximum Gasteiger partial charge on any atom is 0.394 e. The minimum absolute atomic E-state index is 0.936. The van der Waals surface area contributed by atoms with Crippen molar-refractivity contribution in [3.8, 4) is 0 Å². The minimum Gasteiger partial charge on any atom is -0.381 e. The molecule has 5 nitrogen and oxygen atoms in total. The van der Waals surface area contributed by atoms with Crippen LogP contribution in [0.4, 0.5) is 0 Å². The summed E-state index contributed by atoms with van der Waals surface area (Å²) in [6, 6.07) is 0. The third kappa shape index (κ3) is 41.2. The molecule has 0 rings (SSSR count). The molecule has 0 aliphatic carbocycles. The van der Waals surface area contributed by atoms with Gasteiger partial charge in [0.1, 0.15) is 0 Å². The third-order valence-electron chi connectivity index (χ3n) is 4.15. The van der Waals surface area contributed by atoms with E-state index in [1.165, 1.54) is 89.9 Å². The van der Waals surface area contributed by atoms with Crippen LogP contribution in [-0.2, 0) is 15.1 Å². The minimum atomic E-state index is -4.67. The number of hydrogen-bond donors (Lipinski definition) is 2. The van der Waals surface area contributed by atoms with Crippen LogP contribution in [-0.4, -0.2) is 30.7 Å². The van der Waals surface area contributed by atoms with E-state index in [1.54, 1.807) is 0 Å². The summed E-state index contributed by atoms with van der Waals surface area (Å²) in [6.45, 7) is 6.35. The highest BCUT2D eigenvalue weighted by molar-refractivity contribution is 7.79. The normalized spacial score (nSPS) is 11.6. The second-order valence-corrected chi connectivity index (χ2v) is 7.89. The van der Waals surface area contributed by atoms with E-state index < -0.39 is 10.4 Å². The fraction of sp³-hybridized carbons (Fsp3) is 0.905. The molecule has 164 valence electrons. The largest absolute Gasteiger partial charge is 0.394 e. The van der Waals surface area contributed by atoms with Crippen molar-refractivity contribution in [1.82, 2.24) is 0 Å². The van der Waals surface area contributed by atoms with Crippen LogP contribution in [0.2, 0.25) is 0 Å². The molecule has 0 aromatic carbocycles. The maximum absolute atomic E-state index is 8.74. The Kier molecular flexibility index (Phi) is 25.2. The number of hydrogen-bond acceptors (Lipinski definition) is 3. The van der Waals surface area contributed by atoms with Gasteiger partial charge in [0.15, 0.2) is 0 Å². The lowest BCUT2D eigenvalue weighted by molar-refractivity contribution is 0.130. The van der Waals surface area contributed by atoms with Crippen molar-refractivity contribution >= 4 is 10.4 Å². The molecule has 0 aliphatic rings. The van der Waals surface area contributed by atoms with Gasteiger partial charge in [0.25, 0.3) is 0 Å². The molecule has 0 bridgehead atoms. The zero-order chi connectivity index (χ0) is 20.6. The van der Waals surface area contributed by atoms with Crippen molar-refractivity contribution in [2.75, 3.05) is 13.2 Å². The van der Waals surface area contributed by atoms with Crippen LogP contribution in [0.15, 0.2) is 12.2 Å². The molecular weight excluding hydrogens is 364 g/mol. The summed E-state index contributed by atoms with van der Waals surface area (Å²) in [5, 5.41) is 0. The summed E-state index contributed by atoms with van der Waals surface area (Å²) >= 11 is 0. The average Bonchev–Trinajstić information content (AvgIpc) is 2.59. The van der Waals surface area contributed by atoms with Crippen LogP contribution < -0.4 is 0 Å². The second kappa shape index (κ2) is 23.6. The average molecular weight is 409 g/mol. The van der Waals surface area contributed by atoms with Crippen molar-refractivity contribution in [2.24, 2.45) is 0 Å². The summed E-state index contributed by atoms with van der Waals surface area (Å²) < 4.78 is 37.1. The van der Waals surface area contributed by atoms with Gasteiger partial charge in [0.2, 0.25) is 0 Å². The molecule has 0 saturated carbocycles. The smallest absolute Gasteiger partial charge is 0.381 e. The van der Waals surface area contributed by atoms with Crippen molar-refractivity contribution in [1.29, 1.82) is 0 Å². The molecule has 0 saturated heterocycles. The molecular formula is C21H44O5S. The molecule has 0 aliphatic heterocycles. The summed E-state index contributed by atoms with van der Waals surface area (Å²) in [6.07, 6.45) is 25.2. The Balaban J connectivity index is 0. The zero-order valence-corrected chi connectivity index (χ0v) is 18.5. The van der Waals surface area contributed by atoms with Crippen LogP contribution >= 0.6 is 0 Å². The summed E-state index contributed by atoms with van der Waals surface area (Å²) in [5.41, 5.74) is 0. The first-order chi connectivity index (χ1) is 12.9. The van der Waals surface area contributed by atoms with E-state index in [9.17, 15) is 0 Å². The van der Waals surface area contributed by atoms with Gasteiger partial charge in [-0.05, 0) is 38.5 Å². The predicted octanol–water partition coefficient (Wildman–Crippen LogP) is 6.80. The number of allylic oxidation sites excluding steroid dienone is 2. The molecule has 0 spiro atoms. The molecule has 27 heavy (non-hydrogen) atoms. The molecule has 6 heteroatoms. The first kappa shape index (κ1) is 28.8. The van der Waals surface area contributed by atoms with Gasteiger partial charge in [0, 0.05) is 13.2 Å². The quantitative estimate of drug-likeness (QED) is 0.148. The maximum atomic E-state index is 8.74. The SMILES string of the molecule is CCCCCCCC/C=C\CCCCCCCCOCCC.O=S(=O)(O)O. The number of unbranched alkanes of at least 4 members (excludes halogenated alkanes) is 12. The van der Waals surface area contributed by atoms with E-state index in [2.05, 4.69) is 26.0 Å². The standard InChI is InChI=1S/C21H42O.H2O4S/c1-3-5-6-7-8-9-10-11-12-13-14-15-16-17-18-19-21-22-20-4-2;1-5(2,3)4/h11-12H,3-10,13-21H2,1-2H3;(H2,1,2,3,4)/b12-11-;. The monoisotopic (exact) mass is 408 g/mol. The van der Waals surface area contributed by atoms with Gasteiger partial charge in [-0.15, -0.1) is 0 Å². The molecule has 0 aromatic heterocycles. The van der Waals surface area contributed by atoms with Crippen LogP contribution in [0.3, 0.4) is 0 Å². The number of rotatable bonds is 18. The van der Waals surface area contributed by atoms with E-state index in [0.717, 1.165) is 19.6 Å². The van der Waals surface area contributed by atoms with Gasteiger partial charge in [-0.2, -0.15) is 8.42 Å². The van der Waals surface area contributed by atoms with Crippen molar-refractivity contribution in [3.05, 3.63) is 12.2 Å². The van der Waals surface area contributed by atoms with E-state index in [0.29, 0.717) is 0 Å². The Bertz CT molecular complexity index is 385. The van der Waals surface area contributed by atoms with Gasteiger partial charge in [-0.3, -0.25) is 9.11 Å². The van der Waals surface area contributed by atoms with Gasteiger partial charge in [-0.1, -0.05) is 83.8 Å². The molecule has 0 heterocycles.